The van der Waals surface area contributed by atoms with Crippen LogP contribution in [0, 0.1) is 112 Å². The van der Waals surface area contributed by atoms with E-state index in [1.54, 1.807) is 0 Å². The van der Waals surface area contributed by atoms with Gasteiger partial charge in [0, 0.05) is 19.6 Å². The van der Waals surface area contributed by atoms with Gasteiger partial charge in [0.15, 0.2) is 0 Å². The van der Waals surface area contributed by atoms with Crippen LogP contribution in [0.15, 0.2) is 0 Å². The van der Waals surface area contributed by atoms with Gasteiger partial charge in [-0.25, -0.2) is 0 Å². The smallest absolute Gasteiger partial charge is 0.000750 e. The molecule has 5 saturated heterocycles. The molecule has 0 aromatic heterocycles. The Labute approximate surface area is 604 Å². The molecule has 0 aromatic rings. The maximum Gasteiger partial charge on any atom is 0.000750 e. The van der Waals surface area contributed by atoms with Crippen molar-refractivity contribution in [1.82, 2.24) is 24.5 Å². The number of piperidine rings is 4. The first-order chi connectivity index (χ1) is 44.5. The highest BCUT2D eigenvalue weighted by Crippen LogP contribution is 2.35. The minimum absolute atomic E-state index is 0. The van der Waals surface area contributed by atoms with Crippen LogP contribution in [0.5, 0.6) is 0 Å². The molecule has 5 aliphatic heterocycles. The molecular weight excluding hydrogens is 1150 g/mol. The molecule has 572 valence electrons. The topological polar surface area (TPSA) is 16.2 Å². The Morgan fingerprint density at radius 2 is 0.558 bits per heavy atom. The largest absolute Gasteiger partial charge is 0.306 e. The van der Waals surface area contributed by atoms with E-state index in [1.165, 1.54) is 297 Å². The average molecular weight is 1340 g/mol. The van der Waals surface area contributed by atoms with Crippen LogP contribution in [-0.4, -0.2) is 124 Å². The summed E-state index contributed by atoms with van der Waals surface area (Å²) in [6.45, 7) is 68.8. The highest BCUT2D eigenvalue weighted by molar-refractivity contribution is 4.77. The van der Waals surface area contributed by atoms with E-state index >= 15 is 0 Å². The Bertz CT molecular complexity index is 1440. The second kappa shape index (κ2) is 58.2. The molecule has 0 amide bonds. The van der Waals surface area contributed by atoms with Crippen LogP contribution in [0.1, 0.15) is 372 Å². The SMILES string of the molecule is C.CC(C)CCC1CCC(C)C1.CC(C)CCC1CCC(C)CC1.CC(C)CCC1CCCC(C)C1.CC(C)CCC1CCCN(C)C1.CC(C)CCC1CCN(C)CC1.CC(C)CCN1CCC(C)C1.CC(C)CCN1CCC(C)CC1.CC(C)CCN1CCCC(C)C1. The molecule has 5 heterocycles. The quantitative estimate of drug-likeness (QED) is 0.0955. The fourth-order valence-corrected chi connectivity index (χ4v) is 16.1. The van der Waals surface area contributed by atoms with E-state index in [0.717, 1.165) is 112 Å². The lowest BCUT2D eigenvalue weighted by molar-refractivity contribution is 0.176. The molecule has 5 heteroatoms. The van der Waals surface area contributed by atoms with E-state index in [1.807, 2.05) is 0 Å². The third-order valence-corrected chi connectivity index (χ3v) is 23.5. The predicted octanol–water partition coefficient (Wildman–Crippen LogP) is 26.4. The van der Waals surface area contributed by atoms with Gasteiger partial charge in [0.1, 0.15) is 0 Å². The zero-order chi connectivity index (χ0) is 70.4. The van der Waals surface area contributed by atoms with E-state index in [9.17, 15) is 0 Å². The molecule has 0 bridgehead atoms. The van der Waals surface area contributed by atoms with Crippen molar-refractivity contribution in [2.75, 3.05) is 99.2 Å². The van der Waals surface area contributed by atoms with E-state index in [-0.39, 0.29) is 7.43 Å². The molecule has 95 heavy (non-hydrogen) atoms. The van der Waals surface area contributed by atoms with Gasteiger partial charge in [0.25, 0.3) is 0 Å². The second-order valence-electron chi connectivity index (χ2n) is 38.2. The summed E-state index contributed by atoms with van der Waals surface area (Å²) in [6.07, 6.45) is 48.0. The van der Waals surface area contributed by atoms with Gasteiger partial charge in [-0.2, -0.15) is 0 Å². The summed E-state index contributed by atoms with van der Waals surface area (Å²) in [4.78, 5) is 12.8. The first kappa shape index (κ1) is 94.8. The highest BCUT2D eigenvalue weighted by Gasteiger charge is 2.24. The van der Waals surface area contributed by atoms with Gasteiger partial charge in [-0.05, 0) is 288 Å². The summed E-state index contributed by atoms with van der Waals surface area (Å²) >= 11 is 0. The molecule has 0 radical (unpaired) electrons. The molecule has 7 unspecified atom stereocenters. The molecule has 3 saturated carbocycles. The summed E-state index contributed by atoms with van der Waals surface area (Å²) < 4.78 is 0. The summed E-state index contributed by atoms with van der Waals surface area (Å²) in [5.74, 6) is 18.2. The summed E-state index contributed by atoms with van der Waals surface area (Å²) in [7, 11) is 4.49. The van der Waals surface area contributed by atoms with Crippen molar-refractivity contribution < 1.29 is 0 Å². The van der Waals surface area contributed by atoms with Crippen molar-refractivity contribution in [3.8, 4) is 0 Å². The second-order valence-corrected chi connectivity index (χ2v) is 38.2. The fraction of sp³-hybridized carbons (Fsp3) is 1.00. The van der Waals surface area contributed by atoms with E-state index in [2.05, 4.69) is 191 Å². The van der Waals surface area contributed by atoms with E-state index < -0.39 is 0 Å². The Balaban J connectivity index is 0.00000106. The summed E-state index contributed by atoms with van der Waals surface area (Å²) in [5.41, 5.74) is 0. The monoisotopic (exact) mass is 1340 g/mol. The number of likely N-dealkylation sites (tertiary alicyclic amines) is 5. The van der Waals surface area contributed by atoms with Crippen molar-refractivity contribution in [2.45, 2.75) is 372 Å². The first-order valence-corrected chi connectivity index (χ1v) is 43.0. The van der Waals surface area contributed by atoms with Crippen LogP contribution in [0.25, 0.3) is 0 Å². The van der Waals surface area contributed by atoms with Gasteiger partial charge in [0.2, 0.25) is 0 Å². The molecule has 3 aliphatic carbocycles. The lowest BCUT2D eigenvalue weighted by Gasteiger charge is -2.31. The number of rotatable bonds is 24. The van der Waals surface area contributed by atoms with Gasteiger partial charge in [-0.3, -0.25) is 0 Å². The van der Waals surface area contributed by atoms with Crippen molar-refractivity contribution in [1.29, 1.82) is 0 Å². The van der Waals surface area contributed by atoms with Gasteiger partial charge in [0.05, 0.1) is 0 Å². The van der Waals surface area contributed by atoms with Crippen molar-refractivity contribution in [3.05, 3.63) is 0 Å². The molecule has 7 atom stereocenters. The Hall–Kier alpha value is -0.200. The molecule has 8 fully saturated rings. The lowest BCUT2D eigenvalue weighted by Crippen LogP contribution is -2.35. The molecular formula is C90H187N5. The fourth-order valence-electron chi connectivity index (χ4n) is 16.1. The first-order valence-electron chi connectivity index (χ1n) is 43.0. The zero-order valence-electron chi connectivity index (χ0n) is 69.7. The molecule has 8 rings (SSSR count). The van der Waals surface area contributed by atoms with Gasteiger partial charge in [-0.1, -0.05) is 275 Å². The molecule has 0 aromatic carbocycles. The average Bonchev–Trinajstić information content (AvgIpc) is 3.36. The third kappa shape index (κ3) is 57.0. The number of hydrogen-bond donors (Lipinski definition) is 0. The third-order valence-electron chi connectivity index (χ3n) is 23.5. The minimum atomic E-state index is 0. The lowest BCUT2D eigenvalue weighted by atomic mass is 9.79. The predicted molar refractivity (Wildman–Crippen MR) is 435 cm³/mol. The molecule has 5 nitrogen and oxygen atoms in total. The van der Waals surface area contributed by atoms with E-state index in [0.29, 0.717) is 0 Å². The summed E-state index contributed by atoms with van der Waals surface area (Å²) in [6, 6.07) is 0. The summed E-state index contributed by atoms with van der Waals surface area (Å²) in [5, 5.41) is 0. The van der Waals surface area contributed by atoms with Crippen LogP contribution < -0.4 is 0 Å². The van der Waals surface area contributed by atoms with Crippen molar-refractivity contribution >= 4 is 0 Å². The van der Waals surface area contributed by atoms with Gasteiger partial charge >= 0.3 is 0 Å². The van der Waals surface area contributed by atoms with Gasteiger partial charge < -0.3 is 24.5 Å². The minimum Gasteiger partial charge on any atom is -0.306 e. The highest BCUT2D eigenvalue weighted by atomic mass is 15.1. The maximum absolute atomic E-state index is 2.63. The molecule has 0 N–H and O–H groups in total. The number of hydrogen-bond acceptors (Lipinski definition) is 5. The van der Waals surface area contributed by atoms with E-state index in [4.69, 9.17) is 0 Å². The van der Waals surface area contributed by atoms with Crippen LogP contribution in [-0.2, 0) is 0 Å². The molecule has 8 aliphatic rings. The standard InChI is InChI=1S/2C12H24.4C11H23N.C11H22.C10H21N.CH4/c1-10(2)4-7-12-8-5-11(3)6-9-12;1-10(2)7-8-12-6-4-5-11(3)9-12;1-10(2)4-7-12-8-5-11(3)6-9-12;1-10(2)4-5-11-6-8-12(3)9-7-11;1-10(2)6-7-11-5-4-8-12(3)9-11;1-10(2)6-8-12-7-4-5-11(3)9-12;2*1-9(2)4-6-11-7-5-10(3)8-11;/h2*10-12H,4-9H2,1-3H3;4*10-11H,4-9H2,1-3H3;9-11H,4-8H2,1-3H3;9-10H,4-8H2,1-3H3;1H4. The Kier molecular flexibility index (Phi) is 58.1. The van der Waals surface area contributed by atoms with Crippen molar-refractivity contribution in [3.63, 3.8) is 0 Å². The normalized spacial score (nSPS) is 26.8. The Morgan fingerprint density at radius 3 is 0.968 bits per heavy atom. The van der Waals surface area contributed by atoms with Crippen LogP contribution in [0.3, 0.4) is 0 Å². The zero-order valence-corrected chi connectivity index (χ0v) is 69.7. The molecule has 0 spiro atoms. The maximum atomic E-state index is 2.63. The Morgan fingerprint density at radius 1 is 0.242 bits per heavy atom. The van der Waals surface area contributed by atoms with Crippen molar-refractivity contribution in [2.24, 2.45) is 112 Å². The number of nitrogens with zero attached hydrogens (tertiary/aromatic N) is 5. The van der Waals surface area contributed by atoms with Crippen LogP contribution in [0.4, 0.5) is 0 Å². The van der Waals surface area contributed by atoms with Gasteiger partial charge in [-0.15, -0.1) is 0 Å². The van der Waals surface area contributed by atoms with Crippen LogP contribution >= 0.6 is 0 Å². The van der Waals surface area contributed by atoms with Crippen LogP contribution in [0.2, 0.25) is 0 Å².